The Morgan fingerprint density at radius 1 is 0.462 bits per heavy atom. The first kappa shape index (κ1) is 31.5. The van der Waals surface area contributed by atoms with Crippen molar-refractivity contribution in [2.45, 2.75) is 18.8 Å². The molecule has 5 nitrogen and oxygen atoms in total. The lowest BCUT2D eigenvalue weighted by atomic mass is 9.78. The normalized spacial score (nSPS) is 12.4. The van der Waals surface area contributed by atoms with E-state index < -0.39 is 0 Å². The molecule has 5 heteroatoms. The number of hydrogen-bond acceptors (Lipinski definition) is 5. The van der Waals surface area contributed by atoms with Crippen LogP contribution in [0, 0.1) is 0 Å². The molecule has 1 heterocycles. The van der Waals surface area contributed by atoms with Crippen molar-refractivity contribution in [2.24, 2.45) is 0 Å². The number of hydrogen-bond donors (Lipinski definition) is 2. The van der Waals surface area contributed by atoms with Gasteiger partial charge in [-0.3, -0.25) is 0 Å². The standard InChI is InChI=1S/C47H36O5/c48-37-15-5-30(6-16-37)23-25-50-39-19-11-33-13-21-43-46(41(33)28-39)45(36-10-9-32-3-1-2-4-35(32)27-36)47-42-29-40(20-12-34(42)14-22-44(47)52-43)51-26-24-31-7-17-38(49)18-8-31/h1-22,27-29,45,48-49H,23-26H2. The van der Waals surface area contributed by atoms with Crippen molar-refractivity contribution in [3.05, 3.63) is 179 Å². The van der Waals surface area contributed by atoms with Crippen molar-refractivity contribution in [1.29, 1.82) is 0 Å². The highest BCUT2D eigenvalue weighted by molar-refractivity contribution is 5.96. The zero-order valence-corrected chi connectivity index (χ0v) is 28.5. The fourth-order valence-electron chi connectivity index (χ4n) is 7.44. The molecule has 0 bridgehead atoms. The average Bonchev–Trinajstić information content (AvgIpc) is 3.18. The van der Waals surface area contributed by atoms with Gasteiger partial charge in [0.15, 0.2) is 0 Å². The first-order chi connectivity index (χ1) is 25.6. The lowest BCUT2D eigenvalue weighted by molar-refractivity contribution is 0.322. The molecule has 8 aromatic rings. The van der Waals surface area contributed by atoms with Crippen LogP contribution in [-0.2, 0) is 12.8 Å². The molecule has 0 fully saturated rings. The smallest absolute Gasteiger partial charge is 0.132 e. The second kappa shape index (κ2) is 13.3. The van der Waals surface area contributed by atoms with E-state index in [4.69, 9.17) is 14.2 Å². The number of benzene rings is 8. The molecule has 0 radical (unpaired) electrons. The summed E-state index contributed by atoms with van der Waals surface area (Å²) >= 11 is 0. The van der Waals surface area contributed by atoms with Gasteiger partial charge in [-0.25, -0.2) is 0 Å². The van der Waals surface area contributed by atoms with Crippen molar-refractivity contribution in [1.82, 2.24) is 0 Å². The van der Waals surface area contributed by atoms with Gasteiger partial charge in [0.2, 0.25) is 0 Å². The Kier molecular flexibility index (Phi) is 8.09. The van der Waals surface area contributed by atoms with E-state index in [1.54, 1.807) is 24.3 Å². The molecule has 8 aromatic carbocycles. The molecule has 0 spiro atoms. The van der Waals surface area contributed by atoms with Gasteiger partial charge in [0.1, 0.15) is 34.5 Å². The highest BCUT2D eigenvalue weighted by atomic mass is 16.5. The largest absolute Gasteiger partial charge is 0.508 e. The maximum Gasteiger partial charge on any atom is 0.132 e. The first-order valence-corrected chi connectivity index (χ1v) is 17.7. The average molecular weight is 681 g/mol. The van der Waals surface area contributed by atoms with Gasteiger partial charge in [0.05, 0.1) is 13.2 Å². The molecular formula is C47H36O5. The van der Waals surface area contributed by atoms with Crippen LogP contribution in [0.1, 0.15) is 33.7 Å². The van der Waals surface area contributed by atoms with Crippen LogP contribution in [0.4, 0.5) is 0 Å². The number of phenols is 2. The Bertz CT molecular complexity index is 2430. The SMILES string of the molecule is Oc1ccc(CCOc2ccc3ccc4c(c3c2)C(c2ccc3ccccc3c2)c2c(ccc3ccc(OCCc5ccc(O)cc5)cc23)O4)cc1. The van der Waals surface area contributed by atoms with Crippen LogP contribution in [0.25, 0.3) is 32.3 Å². The fourth-order valence-corrected chi connectivity index (χ4v) is 7.44. The Balaban J connectivity index is 1.14. The molecule has 254 valence electrons. The summed E-state index contributed by atoms with van der Waals surface area (Å²) in [6, 6.07) is 50.8. The minimum atomic E-state index is -0.129. The van der Waals surface area contributed by atoms with E-state index in [9.17, 15) is 10.2 Å². The third-order valence-electron chi connectivity index (χ3n) is 10.1. The second-order valence-electron chi connectivity index (χ2n) is 13.4. The molecule has 0 unspecified atom stereocenters. The Labute approximate surface area is 301 Å². The van der Waals surface area contributed by atoms with E-state index >= 15 is 0 Å². The van der Waals surface area contributed by atoms with Crippen molar-refractivity contribution >= 4 is 32.3 Å². The number of aromatic hydroxyl groups is 2. The van der Waals surface area contributed by atoms with Crippen LogP contribution >= 0.6 is 0 Å². The van der Waals surface area contributed by atoms with Crippen LogP contribution in [0.5, 0.6) is 34.5 Å². The molecule has 0 saturated heterocycles. The predicted molar refractivity (Wildman–Crippen MR) is 207 cm³/mol. The second-order valence-corrected chi connectivity index (χ2v) is 13.4. The van der Waals surface area contributed by atoms with Crippen LogP contribution in [-0.4, -0.2) is 23.4 Å². The highest BCUT2D eigenvalue weighted by Gasteiger charge is 2.32. The van der Waals surface area contributed by atoms with Gasteiger partial charge in [-0.05, 0) is 110 Å². The van der Waals surface area contributed by atoms with E-state index in [2.05, 4.69) is 91.0 Å². The van der Waals surface area contributed by atoms with Crippen LogP contribution in [0.2, 0.25) is 0 Å². The summed E-state index contributed by atoms with van der Waals surface area (Å²) < 4.78 is 19.5. The summed E-state index contributed by atoms with van der Waals surface area (Å²) in [5, 5.41) is 26.1. The maximum absolute atomic E-state index is 9.67. The zero-order chi connectivity index (χ0) is 35.0. The lowest BCUT2D eigenvalue weighted by Gasteiger charge is -2.31. The molecule has 0 aromatic heterocycles. The summed E-state index contributed by atoms with van der Waals surface area (Å²) in [7, 11) is 0. The van der Waals surface area contributed by atoms with Crippen molar-refractivity contribution in [3.8, 4) is 34.5 Å². The van der Waals surface area contributed by atoms with Crippen LogP contribution < -0.4 is 14.2 Å². The van der Waals surface area contributed by atoms with Gasteiger partial charge in [-0.15, -0.1) is 0 Å². The minimum absolute atomic E-state index is 0.129. The third kappa shape index (κ3) is 6.11. The molecular weight excluding hydrogens is 645 g/mol. The van der Waals surface area contributed by atoms with Gasteiger partial charge < -0.3 is 24.4 Å². The zero-order valence-electron chi connectivity index (χ0n) is 28.5. The molecule has 0 amide bonds. The summed E-state index contributed by atoms with van der Waals surface area (Å²) in [4.78, 5) is 0. The van der Waals surface area contributed by atoms with E-state index in [1.165, 1.54) is 16.3 Å². The molecule has 1 aliphatic rings. The molecule has 1 aliphatic heterocycles. The van der Waals surface area contributed by atoms with Gasteiger partial charge >= 0.3 is 0 Å². The summed E-state index contributed by atoms with van der Waals surface area (Å²) in [5.74, 6) is 3.65. The Morgan fingerprint density at radius 3 is 1.48 bits per heavy atom. The summed E-state index contributed by atoms with van der Waals surface area (Å²) in [6.45, 7) is 1.03. The number of ether oxygens (including phenoxy) is 3. The predicted octanol–water partition coefficient (Wildman–Crippen LogP) is 11.1. The number of fused-ring (bicyclic) bond motifs is 7. The molecule has 0 atom stereocenters. The summed E-state index contributed by atoms with van der Waals surface area (Å²) in [6.07, 6.45) is 1.46. The van der Waals surface area contributed by atoms with Gasteiger partial charge in [-0.1, -0.05) is 91.0 Å². The molecule has 0 aliphatic carbocycles. The molecule has 2 N–H and O–H groups in total. The monoisotopic (exact) mass is 680 g/mol. The van der Waals surface area contributed by atoms with Gasteiger partial charge in [0.25, 0.3) is 0 Å². The third-order valence-corrected chi connectivity index (χ3v) is 10.1. The Hall–Kier alpha value is -6.46. The molecule has 0 saturated carbocycles. The van der Waals surface area contributed by atoms with Crippen molar-refractivity contribution in [3.63, 3.8) is 0 Å². The van der Waals surface area contributed by atoms with E-state index in [-0.39, 0.29) is 17.4 Å². The van der Waals surface area contributed by atoms with E-state index in [0.717, 1.165) is 79.6 Å². The maximum atomic E-state index is 9.67. The first-order valence-electron chi connectivity index (χ1n) is 17.7. The minimum Gasteiger partial charge on any atom is -0.508 e. The van der Waals surface area contributed by atoms with Crippen LogP contribution in [0.3, 0.4) is 0 Å². The topological polar surface area (TPSA) is 68.2 Å². The molecule has 9 rings (SSSR count). The lowest BCUT2D eigenvalue weighted by Crippen LogP contribution is -2.13. The van der Waals surface area contributed by atoms with Gasteiger partial charge in [-0.2, -0.15) is 0 Å². The van der Waals surface area contributed by atoms with E-state index in [1.807, 2.05) is 36.4 Å². The van der Waals surface area contributed by atoms with Crippen molar-refractivity contribution in [2.75, 3.05) is 13.2 Å². The molecule has 52 heavy (non-hydrogen) atoms. The van der Waals surface area contributed by atoms with Crippen LogP contribution in [0.15, 0.2) is 152 Å². The highest BCUT2D eigenvalue weighted by Crippen LogP contribution is 2.53. The fraction of sp³-hybridized carbons (Fsp3) is 0.106. The number of rotatable bonds is 9. The van der Waals surface area contributed by atoms with Crippen molar-refractivity contribution < 1.29 is 24.4 Å². The van der Waals surface area contributed by atoms with E-state index in [0.29, 0.717) is 13.2 Å². The summed E-state index contributed by atoms with van der Waals surface area (Å²) in [5.41, 5.74) is 5.61. The number of phenolic OH excluding ortho intramolecular Hbond substituents is 2. The quantitative estimate of drug-likeness (QED) is 0.159. The van der Waals surface area contributed by atoms with Gasteiger partial charge in [0, 0.05) is 29.9 Å². The Morgan fingerprint density at radius 2 is 0.942 bits per heavy atom.